The van der Waals surface area contributed by atoms with Crippen LogP contribution in [0.3, 0.4) is 0 Å². The Morgan fingerprint density at radius 3 is 2.47 bits per heavy atom. The SMILES string of the molecule is COC(=O)c1cc(-c2cc(F)cc(F)c2)n[nH]1. The number of carbonyl (C=O) groups is 1. The minimum atomic E-state index is -0.706. The fourth-order valence-electron chi connectivity index (χ4n) is 1.39. The fraction of sp³-hybridized carbons (Fsp3) is 0.0909. The molecule has 0 aliphatic heterocycles. The van der Waals surface area contributed by atoms with Crippen molar-refractivity contribution in [3.05, 3.63) is 41.6 Å². The quantitative estimate of drug-likeness (QED) is 0.815. The van der Waals surface area contributed by atoms with Crippen LogP contribution >= 0.6 is 0 Å². The molecule has 88 valence electrons. The highest BCUT2D eigenvalue weighted by Crippen LogP contribution is 2.20. The largest absolute Gasteiger partial charge is 0.464 e. The topological polar surface area (TPSA) is 55.0 Å². The molecule has 0 aliphatic carbocycles. The fourth-order valence-corrected chi connectivity index (χ4v) is 1.39. The molecule has 0 unspecified atom stereocenters. The molecule has 1 aromatic heterocycles. The zero-order chi connectivity index (χ0) is 12.4. The van der Waals surface area contributed by atoms with Gasteiger partial charge in [0.1, 0.15) is 17.3 Å². The number of hydrogen-bond acceptors (Lipinski definition) is 3. The summed E-state index contributed by atoms with van der Waals surface area (Å²) in [6.45, 7) is 0. The summed E-state index contributed by atoms with van der Waals surface area (Å²) in [5, 5.41) is 6.20. The molecule has 0 fully saturated rings. The molecule has 0 saturated carbocycles. The first kappa shape index (κ1) is 11.3. The summed E-state index contributed by atoms with van der Waals surface area (Å²) >= 11 is 0. The van der Waals surface area contributed by atoms with E-state index in [2.05, 4.69) is 14.9 Å². The van der Waals surface area contributed by atoms with E-state index in [1.54, 1.807) is 0 Å². The van der Waals surface area contributed by atoms with E-state index >= 15 is 0 Å². The second-order valence-electron chi connectivity index (χ2n) is 3.32. The second-order valence-corrected chi connectivity index (χ2v) is 3.32. The van der Waals surface area contributed by atoms with Crippen molar-refractivity contribution in [1.29, 1.82) is 0 Å². The van der Waals surface area contributed by atoms with E-state index in [-0.39, 0.29) is 17.0 Å². The number of esters is 1. The van der Waals surface area contributed by atoms with E-state index in [1.165, 1.54) is 13.2 Å². The molecule has 0 amide bonds. The zero-order valence-corrected chi connectivity index (χ0v) is 8.83. The van der Waals surface area contributed by atoms with Crippen LogP contribution in [0.1, 0.15) is 10.5 Å². The van der Waals surface area contributed by atoms with Crippen LogP contribution < -0.4 is 0 Å². The number of H-pyrrole nitrogens is 1. The first-order valence-electron chi connectivity index (χ1n) is 4.70. The number of benzene rings is 1. The van der Waals surface area contributed by atoms with Gasteiger partial charge in [-0.05, 0) is 18.2 Å². The Morgan fingerprint density at radius 1 is 1.24 bits per heavy atom. The summed E-state index contributed by atoms with van der Waals surface area (Å²) in [5.74, 6) is -2.01. The predicted octanol–water partition coefficient (Wildman–Crippen LogP) is 2.14. The summed E-state index contributed by atoms with van der Waals surface area (Å²) in [7, 11) is 1.23. The lowest BCUT2D eigenvalue weighted by Gasteiger charge is -1.97. The third kappa shape index (κ3) is 2.30. The molecule has 1 heterocycles. The van der Waals surface area contributed by atoms with Gasteiger partial charge in [-0.1, -0.05) is 0 Å². The second kappa shape index (κ2) is 4.32. The normalized spacial score (nSPS) is 10.3. The molecule has 0 atom stereocenters. The number of rotatable bonds is 2. The molecule has 0 spiro atoms. The lowest BCUT2D eigenvalue weighted by Crippen LogP contribution is -2.00. The third-order valence-electron chi connectivity index (χ3n) is 2.14. The van der Waals surface area contributed by atoms with Gasteiger partial charge in [0.2, 0.25) is 0 Å². The van der Waals surface area contributed by atoms with Gasteiger partial charge < -0.3 is 4.74 Å². The molecule has 1 N–H and O–H groups in total. The highest BCUT2D eigenvalue weighted by molar-refractivity contribution is 5.88. The summed E-state index contributed by atoms with van der Waals surface area (Å²) in [4.78, 5) is 11.2. The molecule has 17 heavy (non-hydrogen) atoms. The monoisotopic (exact) mass is 238 g/mol. The first-order valence-corrected chi connectivity index (χ1v) is 4.70. The van der Waals surface area contributed by atoms with Crippen LogP contribution in [0.15, 0.2) is 24.3 Å². The summed E-state index contributed by atoms with van der Waals surface area (Å²) < 4.78 is 30.4. The predicted molar refractivity (Wildman–Crippen MR) is 55.3 cm³/mol. The van der Waals surface area contributed by atoms with Crippen LogP contribution in [-0.2, 0) is 4.74 Å². The Kier molecular flexibility index (Phi) is 2.86. The van der Waals surface area contributed by atoms with Gasteiger partial charge >= 0.3 is 5.97 Å². The van der Waals surface area contributed by atoms with E-state index in [1.807, 2.05) is 0 Å². The first-order chi connectivity index (χ1) is 8.10. The average molecular weight is 238 g/mol. The molecular formula is C11H8F2N2O2. The number of hydrogen-bond donors (Lipinski definition) is 1. The van der Waals surface area contributed by atoms with Crippen LogP contribution in [0.4, 0.5) is 8.78 Å². The third-order valence-corrected chi connectivity index (χ3v) is 2.14. The molecule has 0 aliphatic rings. The van der Waals surface area contributed by atoms with E-state index in [4.69, 9.17) is 0 Å². The van der Waals surface area contributed by atoms with Crippen molar-refractivity contribution < 1.29 is 18.3 Å². The minimum absolute atomic E-state index is 0.118. The van der Waals surface area contributed by atoms with E-state index < -0.39 is 17.6 Å². The van der Waals surface area contributed by atoms with Gasteiger partial charge in [-0.15, -0.1) is 0 Å². The van der Waals surface area contributed by atoms with Crippen molar-refractivity contribution in [3.8, 4) is 11.3 Å². The Labute approximate surface area is 95.2 Å². The summed E-state index contributed by atoms with van der Waals surface area (Å²) in [6, 6.07) is 4.37. The smallest absolute Gasteiger partial charge is 0.356 e. The number of aromatic amines is 1. The van der Waals surface area contributed by atoms with Crippen LogP contribution in [0.2, 0.25) is 0 Å². The highest BCUT2D eigenvalue weighted by atomic mass is 19.1. The van der Waals surface area contributed by atoms with Crippen LogP contribution in [0.5, 0.6) is 0 Å². The lowest BCUT2D eigenvalue weighted by molar-refractivity contribution is 0.0594. The maximum absolute atomic E-state index is 13.0. The number of nitrogens with one attached hydrogen (secondary N) is 1. The standard InChI is InChI=1S/C11H8F2N2O2/c1-17-11(16)10-5-9(14-15-10)6-2-7(12)4-8(13)3-6/h2-5H,1H3,(H,14,15). The molecule has 2 rings (SSSR count). The molecule has 0 saturated heterocycles. The van der Waals surface area contributed by atoms with Crippen LogP contribution in [-0.4, -0.2) is 23.3 Å². The summed E-state index contributed by atoms with van der Waals surface area (Å²) in [6.07, 6.45) is 0. The zero-order valence-electron chi connectivity index (χ0n) is 8.83. The maximum atomic E-state index is 13.0. The molecule has 1 aromatic carbocycles. The minimum Gasteiger partial charge on any atom is -0.464 e. The molecule has 6 heteroatoms. The van der Waals surface area contributed by atoms with Crippen molar-refractivity contribution in [2.24, 2.45) is 0 Å². The number of nitrogens with zero attached hydrogens (tertiary/aromatic N) is 1. The summed E-state index contributed by atoms with van der Waals surface area (Å²) in [5.41, 5.74) is 0.630. The highest BCUT2D eigenvalue weighted by Gasteiger charge is 2.12. The lowest BCUT2D eigenvalue weighted by atomic mass is 10.1. The molecule has 4 nitrogen and oxygen atoms in total. The maximum Gasteiger partial charge on any atom is 0.356 e. The molecular weight excluding hydrogens is 230 g/mol. The van der Waals surface area contributed by atoms with Gasteiger partial charge in [0.05, 0.1) is 12.8 Å². The van der Waals surface area contributed by atoms with Crippen molar-refractivity contribution >= 4 is 5.97 Å². The van der Waals surface area contributed by atoms with Crippen molar-refractivity contribution in [2.75, 3.05) is 7.11 Å². The Hall–Kier alpha value is -2.24. The van der Waals surface area contributed by atoms with Crippen LogP contribution in [0, 0.1) is 11.6 Å². The van der Waals surface area contributed by atoms with Gasteiger partial charge in [-0.2, -0.15) is 5.10 Å². The number of halogens is 2. The number of aromatic nitrogens is 2. The number of methoxy groups -OCH3 is 1. The van der Waals surface area contributed by atoms with Crippen molar-refractivity contribution in [3.63, 3.8) is 0 Å². The van der Waals surface area contributed by atoms with Gasteiger partial charge in [-0.25, -0.2) is 13.6 Å². The van der Waals surface area contributed by atoms with Crippen molar-refractivity contribution in [2.45, 2.75) is 0 Å². The van der Waals surface area contributed by atoms with Gasteiger partial charge in [0.25, 0.3) is 0 Å². The van der Waals surface area contributed by atoms with E-state index in [0.29, 0.717) is 0 Å². The van der Waals surface area contributed by atoms with Crippen LogP contribution in [0.25, 0.3) is 11.3 Å². The number of ether oxygens (including phenoxy) is 1. The van der Waals surface area contributed by atoms with E-state index in [9.17, 15) is 13.6 Å². The number of carbonyl (C=O) groups excluding carboxylic acids is 1. The van der Waals surface area contributed by atoms with Gasteiger partial charge in [0.15, 0.2) is 0 Å². The Morgan fingerprint density at radius 2 is 1.88 bits per heavy atom. The average Bonchev–Trinajstić information content (AvgIpc) is 2.76. The Bertz CT molecular complexity index is 546. The van der Waals surface area contributed by atoms with E-state index in [0.717, 1.165) is 18.2 Å². The van der Waals surface area contributed by atoms with Crippen molar-refractivity contribution in [1.82, 2.24) is 10.2 Å². The van der Waals surface area contributed by atoms with Gasteiger partial charge in [0, 0.05) is 11.6 Å². The molecule has 0 bridgehead atoms. The van der Waals surface area contributed by atoms with Gasteiger partial charge in [-0.3, -0.25) is 5.10 Å². The molecule has 2 aromatic rings. The Balaban J connectivity index is 2.40. The molecule has 0 radical (unpaired) electrons.